The van der Waals surface area contributed by atoms with Crippen LogP contribution in [0.25, 0.3) is 10.8 Å². The summed E-state index contributed by atoms with van der Waals surface area (Å²) >= 11 is 0. The summed E-state index contributed by atoms with van der Waals surface area (Å²) in [6, 6.07) is 13.0. The second kappa shape index (κ2) is 5.78. The van der Waals surface area contributed by atoms with Gasteiger partial charge in [-0.05, 0) is 36.2 Å². The van der Waals surface area contributed by atoms with E-state index in [4.69, 9.17) is 0 Å². The van der Waals surface area contributed by atoms with Crippen molar-refractivity contribution in [3.63, 3.8) is 0 Å². The number of ketones is 1. The third-order valence-corrected chi connectivity index (χ3v) is 3.04. The van der Waals surface area contributed by atoms with E-state index in [1.165, 1.54) is 21.9 Å². The standard InChI is InChI=1S/C16H19NO/c1-12-3-5-16-10-14(4-6-15(16)9-12)11-17-8-7-13(2)18/h3-6,9-10,17H,7-8,11H2,1-2H3. The Kier molecular flexibility index (Phi) is 4.11. The first-order valence-electron chi connectivity index (χ1n) is 6.34. The highest BCUT2D eigenvalue weighted by molar-refractivity contribution is 5.83. The number of nitrogens with one attached hydrogen (secondary N) is 1. The van der Waals surface area contributed by atoms with E-state index < -0.39 is 0 Å². The average molecular weight is 241 g/mol. The minimum atomic E-state index is 0.233. The minimum Gasteiger partial charge on any atom is -0.312 e. The molecule has 2 heteroatoms. The summed E-state index contributed by atoms with van der Waals surface area (Å²) < 4.78 is 0. The van der Waals surface area contributed by atoms with Gasteiger partial charge in [-0.1, -0.05) is 35.9 Å². The molecule has 0 aliphatic carbocycles. The van der Waals surface area contributed by atoms with Crippen molar-refractivity contribution < 1.29 is 4.79 Å². The highest BCUT2D eigenvalue weighted by Gasteiger charge is 1.98. The SMILES string of the molecule is CC(=O)CCNCc1ccc2cc(C)ccc2c1. The Hall–Kier alpha value is -1.67. The number of benzene rings is 2. The highest BCUT2D eigenvalue weighted by atomic mass is 16.1. The smallest absolute Gasteiger partial charge is 0.131 e. The number of aryl methyl sites for hydroxylation is 1. The summed E-state index contributed by atoms with van der Waals surface area (Å²) in [6.45, 7) is 5.30. The van der Waals surface area contributed by atoms with Crippen LogP contribution in [-0.2, 0) is 11.3 Å². The van der Waals surface area contributed by atoms with Crippen LogP contribution in [0.3, 0.4) is 0 Å². The van der Waals surface area contributed by atoms with E-state index >= 15 is 0 Å². The fraction of sp³-hybridized carbons (Fsp3) is 0.312. The molecule has 0 aliphatic heterocycles. The van der Waals surface area contributed by atoms with Gasteiger partial charge in [0, 0.05) is 19.5 Å². The monoisotopic (exact) mass is 241 g/mol. The van der Waals surface area contributed by atoms with Gasteiger partial charge in [-0.3, -0.25) is 4.79 Å². The van der Waals surface area contributed by atoms with Gasteiger partial charge in [0.05, 0.1) is 0 Å². The van der Waals surface area contributed by atoms with Crippen molar-refractivity contribution >= 4 is 16.6 Å². The quantitative estimate of drug-likeness (QED) is 0.814. The summed E-state index contributed by atoms with van der Waals surface area (Å²) in [5.74, 6) is 0.233. The molecule has 2 rings (SSSR count). The third kappa shape index (κ3) is 3.41. The predicted octanol–water partition coefficient (Wildman–Crippen LogP) is 3.22. The van der Waals surface area contributed by atoms with Gasteiger partial charge in [0.1, 0.15) is 5.78 Å². The second-order valence-electron chi connectivity index (χ2n) is 4.81. The fourth-order valence-electron chi connectivity index (χ4n) is 2.02. The molecule has 2 nitrogen and oxygen atoms in total. The molecule has 0 unspecified atom stereocenters. The second-order valence-corrected chi connectivity index (χ2v) is 4.81. The van der Waals surface area contributed by atoms with Crippen molar-refractivity contribution in [3.05, 3.63) is 47.5 Å². The summed E-state index contributed by atoms with van der Waals surface area (Å²) in [5.41, 5.74) is 2.55. The van der Waals surface area contributed by atoms with Crippen molar-refractivity contribution in [2.24, 2.45) is 0 Å². The lowest BCUT2D eigenvalue weighted by Crippen LogP contribution is -2.16. The van der Waals surface area contributed by atoms with E-state index in [-0.39, 0.29) is 5.78 Å². The van der Waals surface area contributed by atoms with Gasteiger partial charge in [-0.15, -0.1) is 0 Å². The molecule has 0 spiro atoms. The zero-order valence-corrected chi connectivity index (χ0v) is 11.0. The summed E-state index contributed by atoms with van der Waals surface area (Å²) in [5, 5.41) is 5.84. The van der Waals surface area contributed by atoms with Gasteiger partial charge in [-0.25, -0.2) is 0 Å². The first kappa shape index (κ1) is 12.8. The van der Waals surface area contributed by atoms with Gasteiger partial charge in [0.25, 0.3) is 0 Å². The number of rotatable bonds is 5. The molecule has 0 heterocycles. The van der Waals surface area contributed by atoms with E-state index in [0.29, 0.717) is 6.42 Å². The van der Waals surface area contributed by atoms with Gasteiger partial charge < -0.3 is 5.32 Å². The number of carbonyl (C=O) groups is 1. The Morgan fingerprint density at radius 1 is 1.11 bits per heavy atom. The summed E-state index contributed by atoms with van der Waals surface area (Å²) in [6.07, 6.45) is 0.604. The average Bonchev–Trinajstić information content (AvgIpc) is 2.34. The van der Waals surface area contributed by atoms with E-state index in [2.05, 4.69) is 48.6 Å². The number of hydrogen-bond acceptors (Lipinski definition) is 2. The van der Waals surface area contributed by atoms with Crippen LogP contribution in [0, 0.1) is 6.92 Å². The van der Waals surface area contributed by atoms with Gasteiger partial charge in [0.15, 0.2) is 0 Å². The maximum absolute atomic E-state index is 10.8. The van der Waals surface area contributed by atoms with Crippen LogP contribution in [-0.4, -0.2) is 12.3 Å². The molecule has 0 fully saturated rings. The van der Waals surface area contributed by atoms with E-state index in [9.17, 15) is 4.79 Å². The van der Waals surface area contributed by atoms with Crippen molar-refractivity contribution in [2.45, 2.75) is 26.8 Å². The van der Waals surface area contributed by atoms with Crippen LogP contribution < -0.4 is 5.32 Å². The van der Waals surface area contributed by atoms with Crippen LogP contribution in [0.1, 0.15) is 24.5 Å². The van der Waals surface area contributed by atoms with Crippen molar-refractivity contribution in [1.82, 2.24) is 5.32 Å². The Morgan fingerprint density at radius 3 is 2.61 bits per heavy atom. The molecule has 94 valence electrons. The zero-order chi connectivity index (χ0) is 13.0. The van der Waals surface area contributed by atoms with Gasteiger partial charge in [0.2, 0.25) is 0 Å². The summed E-state index contributed by atoms with van der Waals surface area (Å²) in [4.78, 5) is 10.8. The van der Waals surface area contributed by atoms with Crippen LogP contribution in [0.4, 0.5) is 0 Å². The molecule has 1 N–H and O–H groups in total. The normalized spacial score (nSPS) is 10.8. The molecule has 0 saturated carbocycles. The van der Waals surface area contributed by atoms with Crippen LogP contribution in [0.15, 0.2) is 36.4 Å². The minimum absolute atomic E-state index is 0.233. The Labute approximate surface area is 108 Å². The van der Waals surface area contributed by atoms with E-state index in [0.717, 1.165) is 13.1 Å². The Bertz CT molecular complexity index is 560. The Morgan fingerprint density at radius 2 is 1.83 bits per heavy atom. The molecule has 0 atom stereocenters. The lowest BCUT2D eigenvalue weighted by atomic mass is 10.0. The molecular formula is C16H19NO. The largest absolute Gasteiger partial charge is 0.312 e. The molecule has 0 saturated heterocycles. The molecular weight excluding hydrogens is 222 g/mol. The molecule has 0 amide bonds. The zero-order valence-electron chi connectivity index (χ0n) is 11.0. The summed E-state index contributed by atoms with van der Waals surface area (Å²) in [7, 11) is 0. The maximum atomic E-state index is 10.8. The topological polar surface area (TPSA) is 29.1 Å². The number of Topliss-reactive ketones (excluding diaryl/α,β-unsaturated/α-hetero) is 1. The Balaban J connectivity index is 2.01. The maximum Gasteiger partial charge on any atom is 0.131 e. The van der Waals surface area contributed by atoms with Crippen LogP contribution in [0.2, 0.25) is 0 Å². The molecule has 18 heavy (non-hydrogen) atoms. The fourth-order valence-corrected chi connectivity index (χ4v) is 2.02. The van der Waals surface area contributed by atoms with Crippen molar-refractivity contribution in [3.8, 4) is 0 Å². The van der Waals surface area contributed by atoms with Crippen molar-refractivity contribution in [1.29, 1.82) is 0 Å². The molecule has 0 radical (unpaired) electrons. The van der Waals surface area contributed by atoms with E-state index in [1.807, 2.05) is 0 Å². The molecule has 2 aromatic rings. The number of carbonyl (C=O) groups excluding carboxylic acids is 1. The van der Waals surface area contributed by atoms with Crippen LogP contribution >= 0.6 is 0 Å². The molecule has 0 aromatic heterocycles. The molecule has 0 bridgehead atoms. The van der Waals surface area contributed by atoms with Gasteiger partial charge >= 0.3 is 0 Å². The third-order valence-electron chi connectivity index (χ3n) is 3.04. The first-order chi connectivity index (χ1) is 8.65. The number of hydrogen-bond donors (Lipinski definition) is 1. The van der Waals surface area contributed by atoms with Crippen LogP contribution in [0.5, 0.6) is 0 Å². The lowest BCUT2D eigenvalue weighted by Gasteiger charge is -2.06. The van der Waals surface area contributed by atoms with E-state index in [1.54, 1.807) is 6.92 Å². The number of fused-ring (bicyclic) bond motifs is 1. The molecule has 2 aromatic carbocycles. The van der Waals surface area contributed by atoms with Gasteiger partial charge in [-0.2, -0.15) is 0 Å². The highest BCUT2D eigenvalue weighted by Crippen LogP contribution is 2.17. The predicted molar refractivity (Wildman–Crippen MR) is 75.7 cm³/mol. The first-order valence-corrected chi connectivity index (χ1v) is 6.34. The van der Waals surface area contributed by atoms with Crippen molar-refractivity contribution in [2.75, 3.05) is 6.54 Å². The lowest BCUT2D eigenvalue weighted by molar-refractivity contribution is -0.116. The molecule has 0 aliphatic rings.